The predicted molar refractivity (Wildman–Crippen MR) is 94.1 cm³/mol. The number of furan rings is 1. The number of carbonyl (C=O) groups is 2. The number of amides is 2. The summed E-state index contributed by atoms with van der Waals surface area (Å²) in [4.78, 5) is 28.4. The molecule has 3 heterocycles. The highest BCUT2D eigenvalue weighted by Crippen LogP contribution is 2.14. The molecular weight excluding hydrogens is 332 g/mol. The number of hydrogen-bond donors (Lipinski definition) is 0. The molecule has 2 aromatic heterocycles. The first-order valence-electron chi connectivity index (χ1n) is 8.44. The monoisotopic (exact) mass is 350 g/mol. The lowest BCUT2D eigenvalue weighted by atomic mass is 10.1. The second kappa shape index (κ2) is 6.87. The van der Waals surface area contributed by atoms with E-state index in [1.165, 1.54) is 6.26 Å². The van der Waals surface area contributed by atoms with Gasteiger partial charge in [0.1, 0.15) is 0 Å². The number of piperazine rings is 1. The summed E-state index contributed by atoms with van der Waals surface area (Å²) in [6, 6.07) is 12.6. The maximum atomic E-state index is 12.7. The van der Waals surface area contributed by atoms with Crippen LogP contribution in [0.25, 0.3) is 5.69 Å². The highest BCUT2D eigenvalue weighted by molar-refractivity contribution is 5.95. The van der Waals surface area contributed by atoms with E-state index >= 15 is 0 Å². The number of aromatic nitrogens is 2. The summed E-state index contributed by atoms with van der Waals surface area (Å²) in [6.07, 6.45) is 5.05. The number of hydrogen-bond acceptors (Lipinski definition) is 4. The second-order valence-electron chi connectivity index (χ2n) is 6.06. The Morgan fingerprint density at radius 2 is 1.58 bits per heavy atom. The van der Waals surface area contributed by atoms with Gasteiger partial charge in [0.05, 0.1) is 12.0 Å². The summed E-state index contributed by atoms with van der Waals surface area (Å²) >= 11 is 0. The molecule has 7 heteroatoms. The molecule has 1 fully saturated rings. The van der Waals surface area contributed by atoms with E-state index in [0.717, 1.165) is 5.69 Å². The first-order valence-corrected chi connectivity index (χ1v) is 8.44. The Hall–Kier alpha value is -3.35. The van der Waals surface area contributed by atoms with Crippen LogP contribution in [-0.2, 0) is 0 Å². The molecule has 132 valence electrons. The van der Waals surface area contributed by atoms with Crippen molar-refractivity contribution in [3.63, 3.8) is 0 Å². The van der Waals surface area contributed by atoms with Crippen molar-refractivity contribution < 1.29 is 14.0 Å². The average Bonchev–Trinajstić information content (AvgIpc) is 3.41. The van der Waals surface area contributed by atoms with Gasteiger partial charge in [0, 0.05) is 44.1 Å². The summed E-state index contributed by atoms with van der Waals surface area (Å²) in [5.74, 6) is 0.173. The molecule has 0 saturated carbocycles. The highest BCUT2D eigenvalue weighted by atomic mass is 16.3. The van der Waals surface area contributed by atoms with Crippen LogP contribution in [-0.4, -0.2) is 57.6 Å². The molecule has 7 nitrogen and oxygen atoms in total. The van der Waals surface area contributed by atoms with E-state index in [4.69, 9.17) is 4.42 Å². The minimum Gasteiger partial charge on any atom is -0.459 e. The largest absolute Gasteiger partial charge is 0.459 e. The SMILES string of the molecule is O=C(c1ccc(-n2cccn2)cc1)N1CCN(C(=O)c2ccco2)CC1. The second-order valence-corrected chi connectivity index (χ2v) is 6.06. The van der Waals surface area contributed by atoms with E-state index in [-0.39, 0.29) is 11.8 Å². The smallest absolute Gasteiger partial charge is 0.289 e. The zero-order chi connectivity index (χ0) is 17.9. The predicted octanol–water partition coefficient (Wildman–Crippen LogP) is 2.06. The fourth-order valence-electron chi connectivity index (χ4n) is 3.03. The Kier molecular flexibility index (Phi) is 4.27. The molecule has 2 amide bonds. The lowest BCUT2D eigenvalue weighted by molar-refractivity contribution is 0.0518. The van der Waals surface area contributed by atoms with Crippen molar-refractivity contribution in [3.8, 4) is 5.69 Å². The van der Waals surface area contributed by atoms with Crippen molar-refractivity contribution in [1.29, 1.82) is 0 Å². The Bertz CT molecular complexity index is 878. The van der Waals surface area contributed by atoms with Crippen LogP contribution in [0.1, 0.15) is 20.9 Å². The van der Waals surface area contributed by atoms with Gasteiger partial charge in [-0.1, -0.05) is 0 Å². The summed E-state index contributed by atoms with van der Waals surface area (Å²) in [5, 5.41) is 4.17. The number of rotatable bonds is 3. The van der Waals surface area contributed by atoms with E-state index in [0.29, 0.717) is 37.5 Å². The van der Waals surface area contributed by atoms with Crippen LogP contribution >= 0.6 is 0 Å². The molecule has 4 rings (SSSR count). The van der Waals surface area contributed by atoms with Crippen molar-refractivity contribution in [2.24, 2.45) is 0 Å². The van der Waals surface area contributed by atoms with Crippen molar-refractivity contribution in [2.45, 2.75) is 0 Å². The molecule has 0 atom stereocenters. The number of benzene rings is 1. The number of nitrogens with zero attached hydrogens (tertiary/aromatic N) is 4. The Labute approximate surface area is 150 Å². The Morgan fingerprint density at radius 1 is 0.885 bits per heavy atom. The molecule has 0 bridgehead atoms. The molecule has 1 aromatic carbocycles. The van der Waals surface area contributed by atoms with E-state index in [1.807, 2.05) is 24.4 Å². The third kappa shape index (κ3) is 3.11. The van der Waals surface area contributed by atoms with Crippen molar-refractivity contribution in [2.75, 3.05) is 26.2 Å². The van der Waals surface area contributed by atoms with Crippen LogP contribution in [0.3, 0.4) is 0 Å². The third-order valence-electron chi connectivity index (χ3n) is 4.47. The van der Waals surface area contributed by atoms with Gasteiger partial charge in [-0.15, -0.1) is 0 Å². The minimum atomic E-state index is -0.134. The molecule has 26 heavy (non-hydrogen) atoms. The van der Waals surface area contributed by atoms with E-state index in [9.17, 15) is 9.59 Å². The quantitative estimate of drug-likeness (QED) is 0.725. The van der Waals surface area contributed by atoms with Gasteiger partial charge in [-0.25, -0.2) is 4.68 Å². The molecule has 0 aliphatic carbocycles. The molecule has 0 radical (unpaired) electrons. The fourth-order valence-corrected chi connectivity index (χ4v) is 3.03. The highest BCUT2D eigenvalue weighted by Gasteiger charge is 2.26. The normalized spacial score (nSPS) is 14.5. The summed E-state index contributed by atoms with van der Waals surface area (Å²) < 4.78 is 6.90. The average molecular weight is 350 g/mol. The van der Waals surface area contributed by atoms with Gasteiger partial charge < -0.3 is 14.2 Å². The zero-order valence-electron chi connectivity index (χ0n) is 14.1. The van der Waals surface area contributed by atoms with Gasteiger partial charge in [-0.05, 0) is 42.5 Å². The van der Waals surface area contributed by atoms with Gasteiger partial charge in [0.25, 0.3) is 11.8 Å². The summed E-state index contributed by atoms with van der Waals surface area (Å²) in [5.41, 5.74) is 1.53. The maximum absolute atomic E-state index is 12.7. The van der Waals surface area contributed by atoms with Gasteiger partial charge in [-0.2, -0.15) is 5.10 Å². The Balaban J connectivity index is 1.38. The van der Waals surface area contributed by atoms with E-state index in [2.05, 4.69) is 5.10 Å². The first kappa shape index (κ1) is 16.1. The molecule has 1 aliphatic rings. The van der Waals surface area contributed by atoms with Crippen LogP contribution in [0.2, 0.25) is 0 Å². The molecule has 0 unspecified atom stereocenters. The lowest BCUT2D eigenvalue weighted by Crippen LogP contribution is -2.50. The zero-order valence-corrected chi connectivity index (χ0v) is 14.1. The van der Waals surface area contributed by atoms with Gasteiger partial charge in [0.2, 0.25) is 0 Å². The van der Waals surface area contributed by atoms with Gasteiger partial charge in [0.15, 0.2) is 5.76 Å². The third-order valence-corrected chi connectivity index (χ3v) is 4.47. The minimum absolute atomic E-state index is 0.0258. The van der Waals surface area contributed by atoms with Crippen molar-refractivity contribution >= 4 is 11.8 Å². The molecule has 0 N–H and O–H groups in total. The van der Waals surface area contributed by atoms with Crippen molar-refractivity contribution in [3.05, 3.63) is 72.4 Å². The van der Waals surface area contributed by atoms with Crippen LogP contribution in [0.5, 0.6) is 0 Å². The topological polar surface area (TPSA) is 71.6 Å². The van der Waals surface area contributed by atoms with Gasteiger partial charge >= 0.3 is 0 Å². The summed E-state index contributed by atoms with van der Waals surface area (Å²) in [7, 11) is 0. The Morgan fingerprint density at radius 3 is 2.15 bits per heavy atom. The van der Waals surface area contributed by atoms with Crippen LogP contribution in [0.4, 0.5) is 0 Å². The molecular formula is C19H18N4O3. The van der Waals surface area contributed by atoms with Crippen LogP contribution in [0.15, 0.2) is 65.5 Å². The molecule has 1 saturated heterocycles. The van der Waals surface area contributed by atoms with Crippen molar-refractivity contribution in [1.82, 2.24) is 19.6 Å². The summed E-state index contributed by atoms with van der Waals surface area (Å²) in [6.45, 7) is 2.01. The molecule has 0 spiro atoms. The maximum Gasteiger partial charge on any atom is 0.289 e. The number of carbonyl (C=O) groups excluding carboxylic acids is 2. The van der Waals surface area contributed by atoms with Crippen LogP contribution < -0.4 is 0 Å². The first-order chi connectivity index (χ1) is 12.7. The van der Waals surface area contributed by atoms with E-state index < -0.39 is 0 Å². The lowest BCUT2D eigenvalue weighted by Gasteiger charge is -2.34. The van der Waals surface area contributed by atoms with Gasteiger partial charge in [-0.3, -0.25) is 9.59 Å². The van der Waals surface area contributed by atoms with E-state index in [1.54, 1.807) is 44.9 Å². The molecule has 1 aliphatic heterocycles. The fraction of sp³-hybridized carbons (Fsp3) is 0.211. The standard InChI is InChI=1S/C19H18N4O3/c24-18(15-4-6-16(7-5-15)23-9-2-8-20-23)21-10-12-22(13-11-21)19(25)17-3-1-14-26-17/h1-9,14H,10-13H2. The van der Waals surface area contributed by atoms with Crippen LogP contribution in [0, 0.1) is 0 Å². The molecule has 3 aromatic rings.